The van der Waals surface area contributed by atoms with E-state index in [1.807, 2.05) is 30.3 Å². The Bertz CT molecular complexity index is 375. The first kappa shape index (κ1) is 13.1. The highest BCUT2D eigenvalue weighted by Crippen LogP contribution is 2.33. The third-order valence-corrected chi connectivity index (χ3v) is 3.72. The zero-order valence-corrected chi connectivity index (χ0v) is 10.5. The van der Waals surface area contributed by atoms with E-state index in [2.05, 4.69) is 0 Å². The molecule has 2 rings (SSSR count). The maximum atomic E-state index is 11.7. The van der Waals surface area contributed by atoms with Crippen LogP contribution in [0.25, 0.3) is 0 Å². The van der Waals surface area contributed by atoms with Crippen LogP contribution in [0.2, 0.25) is 0 Å². The Morgan fingerprint density at radius 2 is 1.94 bits per heavy atom. The van der Waals surface area contributed by atoms with Gasteiger partial charge in [-0.2, -0.15) is 0 Å². The number of carbonyl (C=O) groups excluding carboxylic acids is 1. The molecule has 18 heavy (non-hydrogen) atoms. The molecule has 1 N–H and O–H groups in total. The van der Waals surface area contributed by atoms with Gasteiger partial charge in [0.1, 0.15) is 6.61 Å². The molecule has 0 amide bonds. The second-order valence-corrected chi connectivity index (χ2v) is 4.98. The number of ether oxygens (including phenoxy) is 1. The molecule has 3 heteroatoms. The van der Waals surface area contributed by atoms with Crippen molar-refractivity contribution in [1.82, 2.24) is 0 Å². The second kappa shape index (κ2) is 6.55. The molecule has 0 aromatic heterocycles. The van der Waals surface area contributed by atoms with Gasteiger partial charge >= 0.3 is 5.97 Å². The van der Waals surface area contributed by atoms with Crippen LogP contribution in [-0.2, 0) is 16.1 Å². The molecule has 0 heterocycles. The molecule has 1 fully saturated rings. The largest absolute Gasteiger partial charge is 0.461 e. The fourth-order valence-electron chi connectivity index (χ4n) is 2.63. The number of esters is 1. The molecule has 3 nitrogen and oxygen atoms in total. The zero-order chi connectivity index (χ0) is 12.8. The van der Waals surface area contributed by atoms with Gasteiger partial charge in [0, 0.05) is 13.0 Å². The first-order valence-electron chi connectivity index (χ1n) is 6.60. The van der Waals surface area contributed by atoms with Gasteiger partial charge in [0.15, 0.2) is 0 Å². The van der Waals surface area contributed by atoms with E-state index >= 15 is 0 Å². The number of hydrogen-bond acceptors (Lipinski definition) is 3. The van der Waals surface area contributed by atoms with Crippen molar-refractivity contribution < 1.29 is 14.6 Å². The molecule has 98 valence electrons. The summed E-state index contributed by atoms with van der Waals surface area (Å²) in [6.45, 7) is 0.535. The van der Waals surface area contributed by atoms with Crippen molar-refractivity contribution in [3.8, 4) is 0 Å². The molecule has 0 spiro atoms. The highest BCUT2D eigenvalue weighted by molar-refractivity contribution is 5.69. The Morgan fingerprint density at radius 1 is 1.22 bits per heavy atom. The van der Waals surface area contributed by atoms with Crippen molar-refractivity contribution in [3.05, 3.63) is 35.9 Å². The summed E-state index contributed by atoms with van der Waals surface area (Å²) in [5.41, 5.74) is 1.01. The Labute approximate surface area is 108 Å². The molecular weight excluding hydrogens is 228 g/mol. The third kappa shape index (κ3) is 3.57. The first-order valence-corrected chi connectivity index (χ1v) is 6.60. The molecule has 0 radical (unpaired) electrons. The predicted molar refractivity (Wildman–Crippen MR) is 68.8 cm³/mol. The highest BCUT2D eigenvalue weighted by Gasteiger charge is 2.28. The number of aliphatic hydroxyl groups is 1. The van der Waals surface area contributed by atoms with Gasteiger partial charge in [0.2, 0.25) is 0 Å². The van der Waals surface area contributed by atoms with Crippen molar-refractivity contribution in [2.24, 2.45) is 11.8 Å². The van der Waals surface area contributed by atoms with Crippen molar-refractivity contribution in [3.63, 3.8) is 0 Å². The average Bonchev–Trinajstić information content (AvgIpc) is 2.85. The molecule has 1 aromatic carbocycles. The Kier molecular flexibility index (Phi) is 4.76. The summed E-state index contributed by atoms with van der Waals surface area (Å²) in [4.78, 5) is 11.7. The number of rotatable bonds is 5. The SMILES string of the molecule is O=C(CC1CCCC1CO)OCc1ccccc1. The minimum Gasteiger partial charge on any atom is -0.461 e. The molecule has 1 aromatic rings. The lowest BCUT2D eigenvalue weighted by Gasteiger charge is -2.16. The molecule has 1 aliphatic rings. The number of hydrogen-bond donors (Lipinski definition) is 1. The lowest BCUT2D eigenvalue weighted by Crippen LogP contribution is -2.17. The Balaban J connectivity index is 1.75. The van der Waals surface area contributed by atoms with Crippen molar-refractivity contribution in [1.29, 1.82) is 0 Å². The van der Waals surface area contributed by atoms with Crippen molar-refractivity contribution >= 4 is 5.97 Å². The Morgan fingerprint density at radius 3 is 2.67 bits per heavy atom. The number of carbonyl (C=O) groups is 1. The summed E-state index contributed by atoms with van der Waals surface area (Å²) in [5, 5.41) is 9.21. The van der Waals surface area contributed by atoms with E-state index in [9.17, 15) is 9.90 Å². The second-order valence-electron chi connectivity index (χ2n) is 4.98. The van der Waals surface area contributed by atoms with Gasteiger partial charge in [0.25, 0.3) is 0 Å². The maximum Gasteiger partial charge on any atom is 0.306 e. The smallest absolute Gasteiger partial charge is 0.306 e. The number of benzene rings is 1. The van der Waals surface area contributed by atoms with Crippen LogP contribution < -0.4 is 0 Å². The average molecular weight is 248 g/mol. The van der Waals surface area contributed by atoms with Gasteiger partial charge in [-0.15, -0.1) is 0 Å². The van der Waals surface area contributed by atoms with Crippen LogP contribution in [-0.4, -0.2) is 17.7 Å². The molecule has 2 atom stereocenters. The van der Waals surface area contributed by atoms with E-state index in [1.165, 1.54) is 0 Å². The third-order valence-electron chi connectivity index (χ3n) is 3.72. The lowest BCUT2D eigenvalue weighted by atomic mass is 9.94. The van der Waals surface area contributed by atoms with E-state index < -0.39 is 0 Å². The standard InChI is InChI=1S/C15H20O3/c16-10-14-8-4-7-13(14)9-15(17)18-11-12-5-2-1-3-6-12/h1-3,5-6,13-14,16H,4,7-11H2. The number of aliphatic hydroxyl groups excluding tert-OH is 1. The van der Waals surface area contributed by atoms with E-state index in [0.29, 0.717) is 18.9 Å². The highest BCUT2D eigenvalue weighted by atomic mass is 16.5. The summed E-state index contributed by atoms with van der Waals surface area (Å²) >= 11 is 0. The first-order chi connectivity index (χ1) is 8.79. The van der Waals surface area contributed by atoms with Crippen LogP contribution in [0.3, 0.4) is 0 Å². The molecule has 1 aliphatic carbocycles. The minimum absolute atomic E-state index is 0.149. The van der Waals surface area contributed by atoms with Crippen LogP contribution in [0.4, 0.5) is 0 Å². The van der Waals surface area contributed by atoms with Crippen LogP contribution in [0.15, 0.2) is 30.3 Å². The van der Waals surface area contributed by atoms with Gasteiger partial charge in [-0.3, -0.25) is 4.79 Å². The van der Waals surface area contributed by atoms with Crippen molar-refractivity contribution in [2.75, 3.05) is 6.61 Å². The van der Waals surface area contributed by atoms with Gasteiger partial charge in [-0.1, -0.05) is 36.8 Å². The van der Waals surface area contributed by atoms with E-state index in [1.54, 1.807) is 0 Å². The molecular formula is C15H20O3. The van der Waals surface area contributed by atoms with Gasteiger partial charge in [0.05, 0.1) is 0 Å². The lowest BCUT2D eigenvalue weighted by molar-refractivity contribution is -0.146. The van der Waals surface area contributed by atoms with Gasteiger partial charge in [-0.25, -0.2) is 0 Å². The van der Waals surface area contributed by atoms with Gasteiger partial charge in [-0.05, 0) is 30.2 Å². The van der Waals surface area contributed by atoms with Gasteiger partial charge < -0.3 is 9.84 Å². The topological polar surface area (TPSA) is 46.5 Å². The van der Waals surface area contributed by atoms with Crippen LogP contribution in [0, 0.1) is 11.8 Å². The predicted octanol–water partition coefficient (Wildman–Crippen LogP) is 2.53. The molecule has 2 unspecified atom stereocenters. The fourth-order valence-corrected chi connectivity index (χ4v) is 2.63. The Hall–Kier alpha value is -1.35. The quantitative estimate of drug-likeness (QED) is 0.814. The zero-order valence-electron chi connectivity index (χ0n) is 10.5. The van der Waals surface area contributed by atoms with Crippen LogP contribution in [0.1, 0.15) is 31.2 Å². The summed E-state index contributed by atoms with van der Waals surface area (Å²) < 4.78 is 5.26. The summed E-state index contributed by atoms with van der Waals surface area (Å²) in [6.07, 6.45) is 3.62. The maximum absolute atomic E-state index is 11.7. The normalized spacial score (nSPS) is 22.9. The fraction of sp³-hybridized carbons (Fsp3) is 0.533. The van der Waals surface area contributed by atoms with Crippen LogP contribution >= 0.6 is 0 Å². The van der Waals surface area contributed by atoms with E-state index in [4.69, 9.17) is 4.74 Å². The molecule has 0 aliphatic heterocycles. The van der Waals surface area contributed by atoms with E-state index in [-0.39, 0.29) is 18.5 Å². The minimum atomic E-state index is -0.149. The van der Waals surface area contributed by atoms with Crippen LogP contribution in [0.5, 0.6) is 0 Å². The summed E-state index contributed by atoms with van der Waals surface area (Å²) in [5.74, 6) is 0.441. The van der Waals surface area contributed by atoms with E-state index in [0.717, 1.165) is 24.8 Å². The monoisotopic (exact) mass is 248 g/mol. The summed E-state index contributed by atoms with van der Waals surface area (Å²) in [7, 11) is 0. The molecule has 0 bridgehead atoms. The molecule has 1 saturated carbocycles. The summed E-state index contributed by atoms with van der Waals surface area (Å²) in [6, 6.07) is 9.69. The molecule has 0 saturated heterocycles. The van der Waals surface area contributed by atoms with Crippen molar-refractivity contribution in [2.45, 2.75) is 32.3 Å².